The van der Waals surface area contributed by atoms with Crippen molar-refractivity contribution in [3.63, 3.8) is 0 Å². The third kappa shape index (κ3) is 2.01. The van der Waals surface area contributed by atoms with Gasteiger partial charge in [-0.15, -0.1) is 0 Å². The third-order valence-corrected chi connectivity index (χ3v) is 2.73. The first kappa shape index (κ1) is 11.3. The van der Waals surface area contributed by atoms with Crippen LogP contribution in [0.3, 0.4) is 0 Å². The van der Waals surface area contributed by atoms with Gasteiger partial charge >= 0.3 is 5.97 Å². The molecule has 5 nitrogen and oxygen atoms in total. The lowest BCUT2D eigenvalue weighted by Gasteiger charge is -2.06. The second-order valence-corrected chi connectivity index (χ2v) is 3.95. The fourth-order valence-corrected chi connectivity index (χ4v) is 1.86. The normalized spacial score (nSPS) is 10.5. The molecule has 0 bridgehead atoms. The monoisotopic (exact) mass is 251 g/mol. The molecule has 1 aromatic carbocycles. The largest absolute Gasteiger partial charge is 0.476 e. The molecule has 0 aliphatic rings. The Hall–Kier alpha value is -2.82. The van der Waals surface area contributed by atoms with Crippen LogP contribution in [0.5, 0.6) is 0 Å². The lowest BCUT2D eigenvalue weighted by atomic mass is 10.1. The Morgan fingerprint density at radius 2 is 1.58 bits per heavy atom. The van der Waals surface area contributed by atoms with Crippen LogP contribution in [0, 0.1) is 0 Å². The predicted octanol–water partition coefficient (Wildman–Crippen LogP) is 2.39. The minimum atomic E-state index is -1.09. The maximum absolute atomic E-state index is 11.3. The first-order valence-corrected chi connectivity index (χ1v) is 5.66. The van der Waals surface area contributed by atoms with Gasteiger partial charge in [0.05, 0.1) is 11.0 Å². The number of aromatic nitrogens is 3. The Bertz CT molecular complexity index is 757. The van der Waals surface area contributed by atoms with Crippen LogP contribution in [0.1, 0.15) is 10.5 Å². The van der Waals surface area contributed by atoms with E-state index in [9.17, 15) is 9.90 Å². The molecule has 0 fully saturated rings. The number of hydrogen-bond donors (Lipinski definition) is 1. The summed E-state index contributed by atoms with van der Waals surface area (Å²) < 4.78 is 0. The highest BCUT2D eigenvalue weighted by Gasteiger charge is 2.16. The molecule has 0 aliphatic heterocycles. The van der Waals surface area contributed by atoms with Gasteiger partial charge in [-0.25, -0.2) is 14.8 Å². The number of hydrogen-bond acceptors (Lipinski definition) is 4. The minimum Gasteiger partial charge on any atom is -0.476 e. The Balaban J connectivity index is 2.33. The van der Waals surface area contributed by atoms with Gasteiger partial charge in [0, 0.05) is 18.0 Å². The summed E-state index contributed by atoms with van der Waals surface area (Å²) in [6, 6.07) is 10.6. The molecular formula is C14H9N3O2. The van der Waals surface area contributed by atoms with Crippen LogP contribution in [-0.4, -0.2) is 26.0 Å². The van der Waals surface area contributed by atoms with Gasteiger partial charge in [-0.1, -0.05) is 12.1 Å². The number of para-hydroxylation sites is 2. The summed E-state index contributed by atoms with van der Waals surface area (Å²) in [4.78, 5) is 23.8. The van der Waals surface area contributed by atoms with Gasteiger partial charge in [0.15, 0.2) is 5.69 Å². The molecule has 1 N–H and O–H groups in total. The van der Waals surface area contributed by atoms with Crippen LogP contribution in [0.15, 0.2) is 48.8 Å². The topological polar surface area (TPSA) is 76.0 Å². The number of rotatable bonds is 2. The highest BCUT2D eigenvalue weighted by Crippen LogP contribution is 2.22. The van der Waals surface area contributed by atoms with E-state index in [1.165, 1.54) is 0 Å². The Labute approximate surface area is 108 Å². The number of carbonyl (C=O) groups is 1. The summed E-state index contributed by atoms with van der Waals surface area (Å²) in [5.74, 6) is -1.09. The summed E-state index contributed by atoms with van der Waals surface area (Å²) in [6.45, 7) is 0. The van der Waals surface area contributed by atoms with Crippen LogP contribution in [0.25, 0.3) is 22.3 Å². The number of fused-ring (bicyclic) bond motifs is 1. The van der Waals surface area contributed by atoms with Gasteiger partial charge in [-0.2, -0.15) is 0 Å². The quantitative estimate of drug-likeness (QED) is 0.756. The van der Waals surface area contributed by atoms with E-state index in [1.54, 1.807) is 42.7 Å². The summed E-state index contributed by atoms with van der Waals surface area (Å²) in [5, 5.41) is 9.27. The van der Waals surface area contributed by atoms with Crippen LogP contribution >= 0.6 is 0 Å². The van der Waals surface area contributed by atoms with Crippen molar-refractivity contribution < 1.29 is 9.90 Å². The Morgan fingerprint density at radius 3 is 2.21 bits per heavy atom. The smallest absolute Gasteiger partial charge is 0.356 e. The summed E-state index contributed by atoms with van der Waals surface area (Å²) in [7, 11) is 0. The zero-order valence-electron chi connectivity index (χ0n) is 9.82. The molecule has 0 atom stereocenters. The number of aromatic carboxylic acids is 1. The van der Waals surface area contributed by atoms with E-state index in [2.05, 4.69) is 15.0 Å². The van der Waals surface area contributed by atoms with Crippen LogP contribution in [0.2, 0.25) is 0 Å². The molecule has 3 rings (SSSR count). The summed E-state index contributed by atoms with van der Waals surface area (Å²) >= 11 is 0. The van der Waals surface area contributed by atoms with Gasteiger partial charge < -0.3 is 5.11 Å². The van der Waals surface area contributed by atoms with Gasteiger partial charge in [0.25, 0.3) is 0 Å². The van der Waals surface area contributed by atoms with E-state index in [1.807, 2.05) is 6.07 Å². The Morgan fingerprint density at radius 1 is 0.947 bits per heavy atom. The van der Waals surface area contributed by atoms with Gasteiger partial charge in [0.1, 0.15) is 5.69 Å². The van der Waals surface area contributed by atoms with Crippen molar-refractivity contribution in [2.75, 3.05) is 0 Å². The van der Waals surface area contributed by atoms with Gasteiger partial charge in [0.2, 0.25) is 0 Å². The lowest BCUT2D eigenvalue weighted by molar-refractivity contribution is 0.0691. The molecule has 2 aromatic heterocycles. The van der Waals surface area contributed by atoms with Crippen molar-refractivity contribution in [2.24, 2.45) is 0 Å². The molecule has 0 unspecified atom stereocenters. The number of carboxylic acids is 1. The first-order valence-electron chi connectivity index (χ1n) is 5.66. The van der Waals surface area contributed by atoms with Crippen LogP contribution in [-0.2, 0) is 0 Å². The predicted molar refractivity (Wildman–Crippen MR) is 69.7 cm³/mol. The lowest BCUT2D eigenvalue weighted by Crippen LogP contribution is -2.05. The van der Waals surface area contributed by atoms with Gasteiger partial charge in [-0.05, 0) is 24.3 Å². The standard InChI is InChI=1S/C14H9N3O2/c18-14(19)13-12(9-5-7-15-8-6-9)16-10-3-1-2-4-11(10)17-13/h1-8H,(H,18,19). The van der Waals surface area contributed by atoms with Crippen molar-refractivity contribution in [2.45, 2.75) is 0 Å². The van der Waals surface area contributed by atoms with E-state index in [4.69, 9.17) is 0 Å². The van der Waals surface area contributed by atoms with E-state index < -0.39 is 5.97 Å². The molecule has 0 aliphatic carbocycles. The molecule has 5 heteroatoms. The van der Waals surface area contributed by atoms with Crippen molar-refractivity contribution in [3.8, 4) is 11.3 Å². The highest BCUT2D eigenvalue weighted by atomic mass is 16.4. The minimum absolute atomic E-state index is 0.0510. The van der Waals surface area contributed by atoms with Crippen molar-refractivity contribution >= 4 is 17.0 Å². The fraction of sp³-hybridized carbons (Fsp3) is 0. The molecule has 3 aromatic rings. The zero-order valence-corrected chi connectivity index (χ0v) is 9.82. The zero-order chi connectivity index (χ0) is 13.2. The average Bonchev–Trinajstić information content (AvgIpc) is 2.46. The molecule has 0 amide bonds. The van der Waals surface area contributed by atoms with Gasteiger partial charge in [-0.3, -0.25) is 4.98 Å². The summed E-state index contributed by atoms with van der Waals surface area (Å²) in [5.41, 5.74) is 2.22. The number of carboxylic acid groups (broad SMARTS) is 1. The van der Waals surface area contributed by atoms with Crippen LogP contribution in [0.4, 0.5) is 0 Å². The average molecular weight is 251 g/mol. The first-order chi connectivity index (χ1) is 9.25. The highest BCUT2D eigenvalue weighted by molar-refractivity contribution is 5.95. The second kappa shape index (κ2) is 4.45. The molecule has 0 saturated carbocycles. The maximum atomic E-state index is 11.3. The molecule has 19 heavy (non-hydrogen) atoms. The SMILES string of the molecule is O=C(O)c1nc2ccccc2nc1-c1ccncc1. The molecular weight excluding hydrogens is 242 g/mol. The van der Waals surface area contributed by atoms with E-state index in [-0.39, 0.29) is 5.69 Å². The fourth-order valence-electron chi connectivity index (χ4n) is 1.86. The second-order valence-electron chi connectivity index (χ2n) is 3.95. The third-order valence-electron chi connectivity index (χ3n) is 2.73. The number of nitrogens with zero attached hydrogens (tertiary/aromatic N) is 3. The van der Waals surface area contributed by atoms with Crippen LogP contribution < -0.4 is 0 Å². The molecule has 2 heterocycles. The van der Waals surface area contributed by atoms with Crippen molar-refractivity contribution in [1.82, 2.24) is 15.0 Å². The molecule has 0 spiro atoms. The van der Waals surface area contributed by atoms with Crippen molar-refractivity contribution in [1.29, 1.82) is 0 Å². The molecule has 0 saturated heterocycles. The maximum Gasteiger partial charge on any atom is 0.356 e. The Kier molecular flexibility index (Phi) is 2.64. The van der Waals surface area contributed by atoms with E-state index in [0.717, 1.165) is 0 Å². The number of benzene rings is 1. The van der Waals surface area contributed by atoms with E-state index in [0.29, 0.717) is 22.3 Å². The van der Waals surface area contributed by atoms with E-state index >= 15 is 0 Å². The molecule has 92 valence electrons. The van der Waals surface area contributed by atoms with Crippen molar-refractivity contribution in [3.05, 3.63) is 54.5 Å². The molecule has 0 radical (unpaired) electrons. The number of pyridine rings is 1. The summed E-state index contributed by atoms with van der Waals surface area (Å²) in [6.07, 6.45) is 3.19.